The molecule has 0 aromatic carbocycles. The minimum atomic E-state index is -3.47. The van der Waals surface area contributed by atoms with Gasteiger partial charge < -0.3 is 4.74 Å². The second kappa shape index (κ2) is 7.38. The second-order valence-corrected chi connectivity index (χ2v) is 9.70. The Kier molecular flexibility index (Phi) is 4.71. The van der Waals surface area contributed by atoms with Crippen LogP contribution in [0.1, 0.15) is 37.3 Å². The van der Waals surface area contributed by atoms with Crippen LogP contribution in [0.5, 0.6) is 5.88 Å². The third-order valence-electron chi connectivity index (χ3n) is 5.62. The van der Waals surface area contributed by atoms with Crippen molar-refractivity contribution in [2.75, 3.05) is 19.7 Å². The highest BCUT2D eigenvalue weighted by Crippen LogP contribution is 2.39. The van der Waals surface area contributed by atoms with Crippen LogP contribution in [0.3, 0.4) is 0 Å². The molecule has 9 heteroatoms. The van der Waals surface area contributed by atoms with E-state index in [0.29, 0.717) is 37.4 Å². The molecule has 1 aliphatic carbocycles. The van der Waals surface area contributed by atoms with E-state index in [4.69, 9.17) is 4.74 Å². The summed E-state index contributed by atoms with van der Waals surface area (Å²) in [5.74, 6) is 1.47. The molecular formula is C20H23N5O3S. The van der Waals surface area contributed by atoms with Gasteiger partial charge in [-0.2, -0.15) is 4.31 Å². The van der Waals surface area contributed by atoms with Gasteiger partial charge in [0.1, 0.15) is 4.90 Å². The van der Waals surface area contributed by atoms with Gasteiger partial charge in [0.15, 0.2) is 5.65 Å². The third kappa shape index (κ3) is 3.84. The van der Waals surface area contributed by atoms with Crippen molar-refractivity contribution in [2.24, 2.45) is 5.92 Å². The summed E-state index contributed by atoms with van der Waals surface area (Å²) in [6.07, 6.45) is 8.91. The number of rotatable bonds is 6. The van der Waals surface area contributed by atoms with Crippen molar-refractivity contribution in [2.45, 2.75) is 36.5 Å². The number of aromatic nitrogens is 4. The molecule has 0 N–H and O–H groups in total. The molecule has 0 spiro atoms. The summed E-state index contributed by atoms with van der Waals surface area (Å²) < 4.78 is 34.6. The van der Waals surface area contributed by atoms with Crippen LogP contribution in [0, 0.1) is 5.92 Å². The molecule has 0 atom stereocenters. The zero-order valence-electron chi connectivity index (χ0n) is 16.0. The molecular weight excluding hydrogens is 390 g/mol. The number of sulfonamides is 1. The minimum absolute atomic E-state index is 0.248. The fourth-order valence-corrected chi connectivity index (χ4v) is 5.14. The Hall–Kier alpha value is -2.52. The predicted molar refractivity (Wildman–Crippen MR) is 106 cm³/mol. The van der Waals surface area contributed by atoms with Gasteiger partial charge in [-0.25, -0.2) is 17.9 Å². The van der Waals surface area contributed by atoms with Crippen LogP contribution < -0.4 is 4.74 Å². The molecule has 3 aromatic heterocycles. The van der Waals surface area contributed by atoms with Crippen LogP contribution in [0.15, 0.2) is 47.8 Å². The number of hydrogen-bond acceptors (Lipinski definition) is 6. The van der Waals surface area contributed by atoms with E-state index in [-0.39, 0.29) is 4.90 Å². The maximum absolute atomic E-state index is 12.7. The summed E-state index contributed by atoms with van der Waals surface area (Å²) >= 11 is 0. The molecule has 1 saturated carbocycles. The lowest BCUT2D eigenvalue weighted by Gasteiger charge is -2.30. The highest BCUT2D eigenvalue weighted by atomic mass is 32.2. The largest absolute Gasteiger partial charge is 0.476 e. The fraction of sp³-hybridized carbons (Fsp3) is 0.450. The number of piperidine rings is 1. The lowest BCUT2D eigenvalue weighted by atomic mass is 9.99. The molecule has 0 unspecified atom stereocenters. The minimum Gasteiger partial charge on any atom is -0.476 e. The number of pyridine rings is 1. The van der Waals surface area contributed by atoms with E-state index in [1.54, 1.807) is 22.8 Å². The van der Waals surface area contributed by atoms with Gasteiger partial charge in [-0.3, -0.25) is 4.98 Å². The molecule has 4 heterocycles. The molecule has 29 heavy (non-hydrogen) atoms. The van der Waals surface area contributed by atoms with E-state index in [2.05, 4.69) is 15.1 Å². The zero-order chi connectivity index (χ0) is 19.8. The first-order valence-corrected chi connectivity index (χ1v) is 11.4. The Balaban J connectivity index is 1.17. The van der Waals surface area contributed by atoms with Crippen molar-refractivity contribution in [3.8, 4) is 5.88 Å². The van der Waals surface area contributed by atoms with Crippen LogP contribution in [-0.4, -0.2) is 52.0 Å². The molecule has 2 aliphatic rings. The highest BCUT2D eigenvalue weighted by molar-refractivity contribution is 7.89. The van der Waals surface area contributed by atoms with Gasteiger partial charge in [0.05, 0.1) is 18.5 Å². The SMILES string of the molecule is O=S(=O)(c1cccnc1)N1CCC(COc2ccc3nc(C4CC4)cn3n2)CC1. The standard InChI is InChI=1S/C20H23N5O3S/c26-29(27,17-2-1-9-21-12-17)24-10-7-15(8-11-24)14-28-20-6-5-19-22-18(16-3-4-16)13-25(19)23-20/h1-2,5-6,9,12-13,15-16H,3-4,7-8,10-11,14H2. The van der Waals surface area contributed by atoms with Crippen molar-refractivity contribution >= 4 is 15.7 Å². The average Bonchev–Trinajstić information content (AvgIpc) is 3.52. The summed E-state index contributed by atoms with van der Waals surface area (Å²) in [6, 6.07) is 7.01. The van der Waals surface area contributed by atoms with Gasteiger partial charge in [0, 0.05) is 37.5 Å². The quantitative estimate of drug-likeness (QED) is 0.617. The number of fused-ring (bicyclic) bond motifs is 1. The van der Waals surface area contributed by atoms with E-state index >= 15 is 0 Å². The van der Waals surface area contributed by atoms with Crippen LogP contribution >= 0.6 is 0 Å². The first kappa shape index (κ1) is 18.5. The Morgan fingerprint density at radius 3 is 2.66 bits per heavy atom. The number of ether oxygens (including phenoxy) is 1. The van der Waals surface area contributed by atoms with Crippen molar-refractivity contribution in [1.29, 1.82) is 0 Å². The van der Waals surface area contributed by atoms with Gasteiger partial charge in [0.25, 0.3) is 0 Å². The normalized spacial score (nSPS) is 18.9. The third-order valence-corrected chi connectivity index (χ3v) is 7.50. The number of imidazole rings is 1. The number of hydrogen-bond donors (Lipinski definition) is 0. The monoisotopic (exact) mass is 413 g/mol. The van der Waals surface area contributed by atoms with Crippen molar-refractivity contribution in [1.82, 2.24) is 23.9 Å². The first-order chi connectivity index (χ1) is 14.1. The van der Waals surface area contributed by atoms with Crippen LogP contribution in [0.4, 0.5) is 0 Å². The number of nitrogens with zero attached hydrogens (tertiary/aromatic N) is 5. The van der Waals surface area contributed by atoms with E-state index in [1.165, 1.54) is 23.3 Å². The average molecular weight is 414 g/mol. The summed E-state index contributed by atoms with van der Waals surface area (Å²) in [5.41, 5.74) is 1.95. The van der Waals surface area contributed by atoms with E-state index in [0.717, 1.165) is 24.2 Å². The molecule has 152 valence electrons. The lowest BCUT2D eigenvalue weighted by Crippen LogP contribution is -2.39. The molecule has 0 bridgehead atoms. The Bertz CT molecular complexity index is 1100. The van der Waals surface area contributed by atoms with Gasteiger partial charge in [-0.1, -0.05) is 0 Å². The van der Waals surface area contributed by atoms with E-state index in [9.17, 15) is 8.42 Å². The Morgan fingerprint density at radius 2 is 1.93 bits per heavy atom. The molecule has 5 rings (SSSR count). The highest BCUT2D eigenvalue weighted by Gasteiger charge is 2.30. The van der Waals surface area contributed by atoms with E-state index < -0.39 is 10.0 Å². The van der Waals surface area contributed by atoms with Crippen LogP contribution in [-0.2, 0) is 10.0 Å². The Labute approximate surface area is 169 Å². The predicted octanol–water partition coefficient (Wildman–Crippen LogP) is 2.48. The molecule has 0 amide bonds. The van der Waals surface area contributed by atoms with Gasteiger partial charge in [0.2, 0.25) is 15.9 Å². The lowest BCUT2D eigenvalue weighted by molar-refractivity contribution is 0.179. The van der Waals surface area contributed by atoms with Crippen molar-refractivity contribution in [3.05, 3.63) is 48.5 Å². The summed E-state index contributed by atoms with van der Waals surface area (Å²) in [4.78, 5) is 8.77. The first-order valence-electron chi connectivity index (χ1n) is 9.99. The second-order valence-electron chi connectivity index (χ2n) is 7.76. The van der Waals surface area contributed by atoms with Crippen LogP contribution in [0.25, 0.3) is 5.65 Å². The topological polar surface area (TPSA) is 89.7 Å². The van der Waals surface area contributed by atoms with Crippen LogP contribution in [0.2, 0.25) is 0 Å². The van der Waals surface area contributed by atoms with Gasteiger partial charge in [-0.15, -0.1) is 5.10 Å². The maximum Gasteiger partial charge on any atom is 0.244 e. The molecule has 1 saturated heterocycles. The summed E-state index contributed by atoms with van der Waals surface area (Å²) in [7, 11) is -3.47. The molecule has 3 aromatic rings. The van der Waals surface area contributed by atoms with E-state index in [1.807, 2.05) is 18.3 Å². The molecule has 1 aliphatic heterocycles. The van der Waals surface area contributed by atoms with Gasteiger partial charge in [-0.05, 0) is 49.8 Å². The fourth-order valence-electron chi connectivity index (χ4n) is 3.70. The van der Waals surface area contributed by atoms with Gasteiger partial charge >= 0.3 is 0 Å². The molecule has 8 nitrogen and oxygen atoms in total. The van der Waals surface area contributed by atoms with Crippen molar-refractivity contribution in [3.63, 3.8) is 0 Å². The Morgan fingerprint density at radius 1 is 1.10 bits per heavy atom. The zero-order valence-corrected chi connectivity index (χ0v) is 16.8. The molecule has 0 radical (unpaired) electrons. The smallest absolute Gasteiger partial charge is 0.244 e. The summed E-state index contributed by atoms with van der Waals surface area (Å²) in [6.45, 7) is 1.51. The van der Waals surface area contributed by atoms with Crippen molar-refractivity contribution < 1.29 is 13.2 Å². The summed E-state index contributed by atoms with van der Waals surface area (Å²) in [5, 5.41) is 4.50. The maximum atomic E-state index is 12.7. The molecule has 2 fully saturated rings.